The van der Waals surface area contributed by atoms with Gasteiger partial charge >= 0.3 is 6.01 Å². The second kappa shape index (κ2) is 6.99. The molecule has 0 saturated carbocycles. The van der Waals surface area contributed by atoms with Gasteiger partial charge in [-0.3, -0.25) is 10.1 Å². The van der Waals surface area contributed by atoms with Crippen LogP contribution >= 0.6 is 11.6 Å². The van der Waals surface area contributed by atoms with Crippen LogP contribution in [-0.4, -0.2) is 16.7 Å². The Bertz CT molecular complexity index is 1190. The molecular formula is C23H21ClN4O2. The maximum absolute atomic E-state index is 13.1. The molecule has 1 aliphatic heterocycles. The molecule has 1 aromatic heterocycles. The second-order valence-corrected chi connectivity index (χ2v) is 8.88. The number of Topliss-reactive ketones (excluding diaryl/α,β-unsaturated/α-hetero) is 1. The van der Waals surface area contributed by atoms with Crippen molar-refractivity contribution in [3.8, 4) is 0 Å². The summed E-state index contributed by atoms with van der Waals surface area (Å²) in [5.41, 5.74) is 3.67. The standard InChI is InChI=1S/C23H21ClN4O2/c1-23(2)11-16-19(17(29)12-23)20(13-7-3-4-8-14(13)24)27-21(25-16)28-22-26-15-9-5-6-10-18(15)30-22/h3-10,20H,11-12H2,1-2H3,(H2,25,26,27,28). The molecule has 0 saturated heterocycles. The summed E-state index contributed by atoms with van der Waals surface area (Å²) in [7, 11) is 0. The smallest absolute Gasteiger partial charge is 0.302 e. The van der Waals surface area contributed by atoms with Gasteiger partial charge in [0, 0.05) is 22.7 Å². The molecule has 6 nitrogen and oxygen atoms in total. The van der Waals surface area contributed by atoms with Crippen LogP contribution in [0.3, 0.4) is 0 Å². The van der Waals surface area contributed by atoms with Crippen molar-refractivity contribution in [1.82, 2.24) is 10.3 Å². The lowest BCUT2D eigenvalue weighted by molar-refractivity contribution is -0.118. The van der Waals surface area contributed by atoms with E-state index in [4.69, 9.17) is 21.0 Å². The van der Waals surface area contributed by atoms with Gasteiger partial charge in [0.2, 0.25) is 5.96 Å². The van der Waals surface area contributed by atoms with Gasteiger partial charge in [-0.1, -0.05) is 55.8 Å². The molecule has 2 N–H and O–H groups in total. The first-order valence-corrected chi connectivity index (χ1v) is 10.3. The normalized spacial score (nSPS) is 20.6. The fourth-order valence-corrected chi connectivity index (χ4v) is 4.38. The van der Waals surface area contributed by atoms with Crippen molar-refractivity contribution >= 4 is 40.5 Å². The Kier molecular flexibility index (Phi) is 4.40. The monoisotopic (exact) mass is 420 g/mol. The number of hydrogen-bond acceptors (Lipinski definition) is 6. The molecule has 0 bridgehead atoms. The van der Waals surface area contributed by atoms with Gasteiger partial charge in [0.05, 0.1) is 0 Å². The summed E-state index contributed by atoms with van der Waals surface area (Å²) >= 11 is 6.48. The Labute approximate surface area is 179 Å². The lowest BCUT2D eigenvalue weighted by Crippen LogP contribution is -2.41. The van der Waals surface area contributed by atoms with Crippen molar-refractivity contribution in [2.24, 2.45) is 10.4 Å². The van der Waals surface area contributed by atoms with Gasteiger partial charge in [0.15, 0.2) is 11.4 Å². The van der Waals surface area contributed by atoms with Gasteiger partial charge < -0.3 is 9.73 Å². The van der Waals surface area contributed by atoms with E-state index in [2.05, 4.69) is 29.5 Å². The summed E-state index contributed by atoms with van der Waals surface area (Å²) in [4.78, 5) is 22.3. The van der Waals surface area contributed by atoms with Crippen molar-refractivity contribution in [2.45, 2.75) is 32.7 Å². The minimum absolute atomic E-state index is 0.100. The number of oxazole rings is 1. The summed E-state index contributed by atoms with van der Waals surface area (Å²) in [6.07, 6.45) is 1.22. The van der Waals surface area contributed by atoms with E-state index in [1.54, 1.807) is 0 Å². The van der Waals surface area contributed by atoms with Crippen molar-refractivity contribution < 1.29 is 9.21 Å². The summed E-state index contributed by atoms with van der Waals surface area (Å²) in [5, 5.41) is 7.03. The van der Waals surface area contributed by atoms with Gasteiger partial charge in [-0.15, -0.1) is 0 Å². The number of benzene rings is 2. The molecule has 2 heterocycles. The molecular weight excluding hydrogens is 400 g/mol. The zero-order valence-electron chi connectivity index (χ0n) is 16.7. The third-order valence-electron chi connectivity index (χ3n) is 5.44. The number of halogens is 1. The molecule has 2 aromatic carbocycles. The van der Waals surface area contributed by atoms with Crippen molar-refractivity contribution in [3.05, 3.63) is 70.4 Å². The van der Waals surface area contributed by atoms with Gasteiger partial charge in [0.25, 0.3) is 0 Å². The quantitative estimate of drug-likeness (QED) is 0.592. The van der Waals surface area contributed by atoms with E-state index in [0.717, 1.165) is 23.2 Å². The number of nitrogens with one attached hydrogen (secondary N) is 2. The molecule has 0 fully saturated rings. The molecule has 7 heteroatoms. The summed E-state index contributed by atoms with van der Waals surface area (Å²) in [6, 6.07) is 14.9. The number of nitrogens with zero attached hydrogens (tertiary/aromatic N) is 2. The Morgan fingerprint density at radius 1 is 1.13 bits per heavy atom. The first-order valence-electron chi connectivity index (χ1n) is 9.88. The Balaban J connectivity index is 1.56. The molecule has 30 heavy (non-hydrogen) atoms. The first-order chi connectivity index (χ1) is 14.4. The molecule has 5 rings (SSSR count). The van der Waals surface area contributed by atoms with E-state index in [1.807, 2.05) is 48.5 Å². The van der Waals surface area contributed by atoms with E-state index >= 15 is 0 Å². The predicted molar refractivity (Wildman–Crippen MR) is 117 cm³/mol. The van der Waals surface area contributed by atoms with Gasteiger partial charge in [-0.25, -0.2) is 4.99 Å². The highest BCUT2D eigenvalue weighted by atomic mass is 35.5. The average molecular weight is 421 g/mol. The number of fused-ring (bicyclic) bond motifs is 1. The van der Waals surface area contributed by atoms with Crippen molar-refractivity contribution in [3.63, 3.8) is 0 Å². The fraction of sp³-hybridized carbons (Fsp3) is 0.261. The largest absolute Gasteiger partial charge is 0.423 e. The number of hydrogen-bond donors (Lipinski definition) is 2. The number of rotatable bonds is 2. The minimum Gasteiger partial charge on any atom is -0.423 e. The van der Waals surface area contributed by atoms with E-state index in [9.17, 15) is 4.79 Å². The number of allylic oxidation sites excluding steroid dienone is 1. The maximum atomic E-state index is 13.1. The SMILES string of the molecule is CC1(C)CC(=O)C2=C(C1)NC(Nc1nc3ccccc3o1)=NC2c1ccccc1Cl. The van der Waals surface area contributed by atoms with Gasteiger partial charge in [0.1, 0.15) is 11.6 Å². The highest BCUT2D eigenvalue weighted by Crippen LogP contribution is 2.44. The van der Waals surface area contributed by atoms with Crippen LogP contribution in [0.5, 0.6) is 0 Å². The molecule has 0 radical (unpaired) electrons. The third-order valence-corrected chi connectivity index (χ3v) is 5.78. The fourth-order valence-electron chi connectivity index (χ4n) is 4.14. The van der Waals surface area contributed by atoms with E-state index in [-0.39, 0.29) is 11.2 Å². The van der Waals surface area contributed by atoms with Crippen LogP contribution in [0.25, 0.3) is 11.1 Å². The van der Waals surface area contributed by atoms with Crippen LogP contribution in [0, 0.1) is 5.41 Å². The third kappa shape index (κ3) is 3.37. The van der Waals surface area contributed by atoms with Crippen LogP contribution in [0.1, 0.15) is 38.3 Å². The Morgan fingerprint density at radius 3 is 2.70 bits per heavy atom. The summed E-state index contributed by atoms with van der Waals surface area (Å²) in [6.45, 7) is 4.20. The van der Waals surface area contributed by atoms with E-state index < -0.39 is 6.04 Å². The molecule has 1 atom stereocenters. The predicted octanol–water partition coefficient (Wildman–Crippen LogP) is 5.24. The molecule has 0 spiro atoms. The highest BCUT2D eigenvalue weighted by Gasteiger charge is 2.40. The van der Waals surface area contributed by atoms with Crippen molar-refractivity contribution in [2.75, 3.05) is 5.32 Å². The number of anilines is 1. The molecule has 0 amide bonds. The topological polar surface area (TPSA) is 79.5 Å². The lowest BCUT2D eigenvalue weighted by atomic mass is 9.73. The average Bonchev–Trinajstić information content (AvgIpc) is 3.08. The molecule has 152 valence electrons. The lowest BCUT2D eigenvalue weighted by Gasteiger charge is -2.37. The van der Waals surface area contributed by atoms with E-state index in [0.29, 0.717) is 34.6 Å². The molecule has 3 aromatic rings. The zero-order chi connectivity index (χ0) is 20.9. The van der Waals surface area contributed by atoms with Gasteiger partial charge in [-0.2, -0.15) is 4.98 Å². The summed E-state index contributed by atoms with van der Waals surface area (Å²) < 4.78 is 5.78. The number of guanidine groups is 1. The number of aliphatic imine (C=N–C) groups is 1. The Hall–Kier alpha value is -3.12. The molecule has 1 aliphatic carbocycles. The van der Waals surface area contributed by atoms with Gasteiger partial charge in [-0.05, 0) is 35.6 Å². The minimum atomic E-state index is -0.481. The number of ketones is 1. The second-order valence-electron chi connectivity index (χ2n) is 8.47. The number of aromatic nitrogens is 1. The summed E-state index contributed by atoms with van der Waals surface area (Å²) in [5.74, 6) is 0.582. The van der Waals surface area contributed by atoms with Crippen LogP contribution in [0.2, 0.25) is 5.02 Å². The van der Waals surface area contributed by atoms with E-state index in [1.165, 1.54) is 0 Å². The van der Waals surface area contributed by atoms with Crippen molar-refractivity contribution in [1.29, 1.82) is 0 Å². The maximum Gasteiger partial charge on any atom is 0.302 e. The number of para-hydroxylation sites is 2. The zero-order valence-corrected chi connectivity index (χ0v) is 17.5. The highest BCUT2D eigenvalue weighted by molar-refractivity contribution is 6.31. The number of carbonyl (C=O) groups excluding carboxylic acids is 1. The van der Waals surface area contributed by atoms with Crippen LogP contribution in [0.15, 0.2) is 69.2 Å². The first kappa shape index (κ1) is 18.9. The molecule has 2 aliphatic rings. The molecule has 1 unspecified atom stereocenters. The number of carbonyl (C=O) groups is 1. The Morgan fingerprint density at radius 2 is 1.90 bits per heavy atom. The van der Waals surface area contributed by atoms with Crippen LogP contribution in [-0.2, 0) is 4.79 Å². The van der Waals surface area contributed by atoms with Crippen LogP contribution < -0.4 is 10.6 Å². The van der Waals surface area contributed by atoms with Crippen LogP contribution in [0.4, 0.5) is 6.01 Å².